The molecule has 0 heterocycles. The molecule has 0 aliphatic carbocycles. The van der Waals surface area contributed by atoms with Crippen LogP contribution < -0.4 is 20.9 Å². The van der Waals surface area contributed by atoms with E-state index in [4.69, 9.17) is 37.5 Å². The molecular formula is C40H53Cl2N5O8. The van der Waals surface area contributed by atoms with E-state index in [-0.39, 0.29) is 52.1 Å². The van der Waals surface area contributed by atoms with Gasteiger partial charge in [-0.15, -0.1) is 0 Å². The summed E-state index contributed by atoms with van der Waals surface area (Å²) in [6.07, 6.45) is 6.82. The lowest BCUT2D eigenvalue weighted by atomic mass is 10.0. The molecule has 0 aliphatic rings. The summed E-state index contributed by atoms with van der Waals surface area (Å²) in [7, 11) is 0. The van der Waals surface area contributed by atoms with Crippen molar-refractivity contribution in [3.05, 3.63) is 88.5 Å². The van der Waals surface area contributed by atoms with Crippen molar-refractivity contribution in [1.82, 2.24) is 15.7 Å². The number of amides is 3. The van der Waals surface area contributed by atoms with Gasteiger partial charge in [0.1, 0.15) is 23.8 Å². The van der Waals surface area contributed by atoms with Crippen LogP contribution in [-0.2, 0) is 30.4 Å². The fourth-order valence-electron chi connectivity index (χ4n) is 4.89. The fraction of sp³-hybridized carbons (Fsp3) is 0.425. The van der Waals surface area contributed by atoms with E-state index < -0.39 is 23.1 Å². The average molecular weight is 803 g/mol. The minimum Gasteiger partial charge on any atom is -0.490 e. The number of nitrogens with one attached hydrogen (secondary N) is 3. The molecule has 0 saturated heterocycles. The van der Waals surface area contributed by atoms with E-state index in [2.05, 4.69) is 27.7 Å². The Morgan fingerprint density at radius 2 is 1.65 bits per heavy atom. The van der Waals surface area contributed by atoms with Crippen molar-refractivity contribution in [2.24, 2.45) is 4.99 Å². The monoisotopic (exact) mass is 801 g/mol. The fourth-order valence-corrected chi connectivity index (χ4v) is 5.51. The maximum Gasteiger partial charge on any atom is 0.413 e. The van der Waals surface area contributed by atoms with E-state index in [0.29, 0.717) is 43.1 Å². The summed E-state index contributed by atoms with van der Waals surface area (Å²) in [6.45, 7) is 17.0. The number of esters is 1. The summed E-state index contributed by atoms with van der Waals surface area (Å²) in [5, 5.41) is 16.2. The Morgan fingerprint density at radius 3 is 2.22 bits per heavy atom. The number of ether oxygens (including phenoxy) is 2. The first-order valence-corrected chi connectivity index (χ1v) is 18.6. The highest BCUT2D eigenvalue weighted by Gasteiger charge is 2.32. The van der Waals surface area contributed by atoms with Gasteiger partial charge in [-0.1, -0.05) is 41.9 Å². The smallest absolute Gasteiger partial charge is 0.413 e. The predicted molar refractivity (Wildman–Crippen MR) is 217 cm³/mol. The number of rotatable bonds is 19. The lowest BCUT2D eigenvalue weighted by Crippen LogP contribution is -2.49. The Bertz CT molecular complexity index is 1700. The van der Waals surface area contributed by atoms with Crippen LogP contribution in [0.25, 0.3) is 5.70 Å². The number of carboxylic acid groups (broad SMARTS) is 1. The zero-order valence-electron chi connectivity index (χ0n) is 32.6. The molecule has 0 radical (unpaired) electrons. The number of hydrogen-bond acceptors (Lipinski definition) is 9. The molecule has 4 N–H and O–H groups in total. The number of hydrogen-bond donors (Lipinski definition) is 4. The molecule has 0 bridgehead atoms. The van der Waals surface area contributed by atoms with Crippen LogP contribution in [-0.4, -0.2) is 77.2 Å². The zero-order chi connectivity index (χ0) is 41.2. The van der Waals surface area contributed by atoms with Crippen molar-refractivity contribution in [3.63, 3.8) is 0 Å². The van der Waals surface area contributed by atoms with E-state index in [0.717, 1.165) is 17.7 Å². The zero-order valence-corrected chi connectivity index (χ0v) is 34.1. The Morgan fingerprint density at radius 1 is 1.00 bits per heavy atom. The first kappa shape index (κ1) is 46.5. The maximum atomic E-state index is 13.5. The quantitative estimate of drug-likeness (QED) is 0.0208. The second-order valence-corrected chi connectivity index (χ2v) is 15.0. The van der Waals surface area contributed by atoms with Crippen LogP contribution in [0.15, 0.2) is 72.3 Å². The molecule has 2 aromatic rings. The highest BCUT2D eigenvalue weighted by molar-refractivity contribution is 6.40. The number of carbonyl (C=O) groups excluding carboxylic acids is 3. The van der Waals surface area contributed by atoms with Crippen LogP contribution in [0.5, 0.6) is 5.75 Å². The number of anilines is 1. The predicted octanol–water partition coefficient (Wildman–Crippen LogP) is 7.98. The van der Waals surface area contributed by atoms with E-state index in [1.165, 1.54) is 24.3 Å². The Balaban J connectivity index is 2.20. The number of halogens is 2. The van der Waals surface area contributed by atoms with Crippen molar-refractivity contribution < 1.29 is 38.6 Å². The van der Waals surface area contributed by atoms with E-state index in [1.54, 1.807) is 64.1 Å². The SMILES string of the molecule is C=CCOc1ccc(C(=CC(=O)N=C(Cc2cc(Cl)c(NC(=O)CNCCCCC=CC(=O)OC(C)(C)C)c(Cl)c2)N(C(=O)O)C(C)(C)C)NOCC)cc1. The molecule has 55 heavy (non-hydrogen) atoms. The van der Waals surface area contributed by atoms with Gasteiger partial charge in [-0.2, -0.15) is 4.99 Å². The van der Waals surface area contributed by atoms with Crippen LogP contribution in [0.2, 0.25) is 10.0 Å². The summed E-state index contributed by atoms with van der Waals surface area (Å²) in [5.41, 5.74) is 2.72. The molecule has 2 rings (SSSR count). The highest BCUT2D eigenvalue weighted by atomic mass is 35.5. The second-order valence-electron chi connectivity index (χ2n) is 14.1. The Kier molecular flexibility index (Phi) is 19.1. The van der Waals surface area contributed by atoms with E-state index in [9.17, 15) is 24.3 Å². The standard InChI is InChI=1S/C40H53Cl2N5O8/c1-9-21-53-29-18-16-28(17-19-29)32(46-54-10-2)25-34(48)44-33(47(38(51)52)39(3,4)5)24-27-22-30(41)37(31(42)23-27)45-35(49)26-43-20-14-12-11-13-15-36(50)55-40(6,7)8/h9,13,15-19,22-23,25,43,46H,1,10-12,14,20-21,24,26H2,2-8H3,(H,45,49)(H,51,52). The van der Waals surface area contributed by atoms with Gasteiger partial charge < -0.3 is 25.2 Å². The molecule has 0 fully saturated rings. The second kappa shape index (κ2) is 22.6. The molecule has 300 valence electrons. The third-order valence-corrected chi connectivity index (χ3v) is 7.73. The number of benzene rings is 2. The molecule has 3 amide bonds. The van der Waals surface area contributed by atoms with Gasteiger partial charge in [0, 0.05) is 29.7 Å². The summed E-state index contributed by atoms with van der Waals surface area (Å²) in [5.74, 6) is -1.00. The average Bonchev–Trinajstić information content (AvgIpc) is 3.07. The summed E-state index contributed by atoms with van der Waals surface area (Å²) < 4.78 is 10.8. The van der Waals surface area contributed by atoms with Crippen molar-refractivity contribution in [3.8, 4) is 5.75 Å². The first-order valence-electron chi connectivity index (χ1n) is 17.8. The number of nitrogens with zero attached hydrogens (tertiary/aromatic N) is 2. The van der Waals surface area contributed by atoms with E-state index >= 15 is 0 Å². The number of amidine groups is 1. The number of unbranched alkanes of at least 4 members (excludes halogenated alkanes) is 2. The van der Waals surface area contributed by atoms with Crippen LogP contribution >= 0.6 is 23.2 Å². The summed E-state index contributed by atoms with van der Waals surface area (Å²) in [4.78, 5) is 61.1. The molecular weight excluding hydrogens is 749 g/mol. The molecule has 15 heteroatoms. The molecule has 2 aromatic carbocycles. The van der Waals surface area contributed by atoms with Crippen molar-refractivity contribution in [2.45, 2.75) is 85.3 Å². The van der Waals surface area contributed by atoms with Crippen molar-refractivity contribution in [2.75, 3.05) is 31.6 Å². The molecule has 0 spiro atoms. The number of aliphatic imine (C=N–C) groups is 1. The highest BCUT2D eigenvalue weighted by Crippen LogP contribution is 2.33. The van der Waals surface area contributed by atoms with Crippen LogP contribution in [0.4, 0.5) is 10.5 Å². The van der Waals surface area contributed by atoms with Gasteiger partial charge >= 0.3 is 12.1 Å². The third-order valence-electron chi connectivity index (χ3n) is 7.14. The number of carbonyl (C=O) groups is 4. The third kappa shape index (κ3) is 17.5. The Labute approximate surface area is 333 Å². The Hall–Kier alpha value is -4.69. The van der Waals surface area contributed by atoms with Crippen LogP contribution in [0.3, 0.4) is 0 Å². The van der Waals surface area contributed by atoms with Gasteiger partial charge in [0.15, 0.2) is 0 Å². The molecule has 0 aromatic heterocycles. The van der Waals surface area contributed by atoms with Crippen LogP contribution in [0, 0.1) is 0 Å². The molecule has 0 atom stereocenters. The van der Waals surface area contributed by atoms with Gasteiger partial charge in [-0.25, -0.2) is 9.59 Å². The number of allylic oxidation sites excluding steroid dienone is 1. The van der Waals surface area contributed by atoms with Gasteiger partial charge in [0.05, 0.1) is 34.6 Å². The molecule has 13 nitrogen and oxygen atoms in total. The minimum absolute atomic E-state index is 0.00111. The first-order chi connectivity index (χ1) is 25.8. The normalized spacial score (nSPS) is 12.3. The molecule has 0 saturated carbocycles. The van der Waals surface area contributed by atoms with Crippen molar-refractivity contribution in [1.29, 1.82) is 0 Å². The summed E-state index contributed by atoms with van der Waals surface area (Å²) in [6, 6.07) is 9.95. The topological polar surface area (TPSA) is 168 Å². The lowest BCUT2D eigenvalue weighted by molar-refractivity contribution is -0.148. The minimum atomic E-state index is -1.32. The number of hydroxylamine groups is 1. The molecule has 0 unspecified atom stereocenters. The van der Waals surface area contributed by atoms with Gasteiger partial charge in [-0.3, -0.25) is 24.8 Å². The lowest BCUT2D eigenvalue weighted by Gasteiger charge is -2.33. The summed E-state index contributed by atoms with van der Waals surface area (Å²) >= 11 is 13.1. The van der Waals surface area contributed by atoms with Gasteiger partial charge in [0.2, 0.25) is 5.91 Å². The van der Waals surface area contributed by atoms with Gasteiger partial charge in [-0.05, 0) is 116 Å². The molecule has 0 aliphatic heterocycles. The van der Waals surface area contributed by atoms with Gasteiger partial charge in [0.25, 0.3) is 5.91 Å². The van der Waals surface area contributed by atoms with Crippen LogP contribution in [0.1, 0.15) is 78.9 Å². The van der Waals surface area contributed by atoms with E-state index in [1.807, 2.05) is 20.8 Å². The largest absolute Gasteiger partial charge is 0.490 e. The van der Waals surface area contributed by atoms with Crippen molar-refractivity contribution >= 4 is 64.3 Å². The maximum absolute atomic E-state index is 13.5.